The molecule has 1 aliphatic rings. The van der Waals surface area contributed by atoms with Crippen LogP contribution in [0.3, 0.4) is 0 Å². The van der Waals surface area contributed by atoms with E-state index in [-0.39, 0.29) is 5.69 Å². The van der Waals surface area contributed by atoms with Crippen molar-refractivity contribution < 1.29 is 9.90 Å². The van der Waals surface area contributed by atoms with Gasteiger partial charge < -0.3 is 14.9 Å². The zero-order valence-corrected chi connectivity index (χ0v) is 12.3. The van der Waals surface area contributed by atoms with Gasteiger partial charge in [0.2, 0.25) is 0 Å². The first-order valence-corrected chi connectivity index (χ1v) is 7.11. The first kappa shape index (κ1) is 14.4. The second kappa shape index (κ2) is 6.07. The molecule has 3 heterocycles. The molecule has 2 aromatic rings. The third-order valence-corrected chi connectivity index (χ3v) is 3.65. The fraction of sp³-hybridized carbons (Fsp3) is 0.333. The second-order valence-electron chi connectivity index (χ2n) is 5.25. The van der Waals surface area contributed by atoms with Crippen molar-refractivity contribution in [3.05, 3.63) is 36.2 Å². The van der Waals surface area contributed by atoms with Crippen LogP contribution in [0.4, 0.5) is 5.82 Å². The van der Waals surface area contributed by atoms with Crippen LogP contribution in [-0.2, 0) is 0 Å². The molecule has 0 bridgehead atoms. The first-order valence-electron chi connectivity index (χ1n) is 7.11. The van der Waals surface area contributed by atoms with Crippen LogP contribution in [0.5, 0.6) is 0 Å². The molecule has 2 aromatic heterocycles. The molecule has 0 saturated carbocycles. The minimum Gasteiger partial charge on any atom is -0.477 e. The minimum absolute atomic E-state index is 0.00965. The molecule has 0 unspecified atom stereocenters. The molecular formula is C15H17N5O2. The van der Waals surface area contributed by atoms with E-state index in [0.29, 0.717) is 17.3 Å². The molecule has 22 heavy (non-hydrogen) atoms. The quantitative estimate of drug-likeness (QED) is 0.905. The summed E-state index contributed by atoms with van der Waals surface area (Å²) >= 11 is 0. The maximum atomic E-state index is 11.3. The molecular weight excluding hydrogens is 282 g/mol. The van der Waals surface area contributed by atoms with Gasteiger partial charge >= 0.3 is 5.97 Å². The summed E-state index contributed by atoms with van der Waals surface area (Å²) in [5, 5.41) is 9.28. The van der Waals surface area contributed by atoms with Gasteiger partial charge in [-0.2, -0.15) is 0 Å². The van der Waals surface area contributed by atoms with Crippen molar-refractivity contribution in [3.8, 4) is 11.5 Å². The first-order chi connectivity index (χ1) is 10.6. The van der Waals surface area contributed by atoms with Crippen LogP contribution < -0.4 is 4.90 Å². The van der Waals surface area contributed by atoms with E-state index >= 15 is 0 Å². The molecule has 0 spiro atoms. The Morgan fingerprint density at radius 3 is 2.59 bits per heavy atom. The van der Waals surface area contributed by atoms with Gasteiger partial charge in [-0.3, -0.25) is 4.98 Å². The summed E-state index contributed by atoms with van der Waals surface area (Å²) < 4.78 is 0. The van der Waals surface area contributed by atoms with Gasteiger partial charge in [0.1, 0.15) is 11.5 Å². The van der Waals surface area contributed by atoms with Crippen molar-refractivity contribution in [2.45, 2.75) is 0 Å². The number of pyridine rings is 1. The summed E-state index contributed by atoms with van der Waals surface area (Å²) in [6.45, 7) is 3.47. The maximum Gasteiger partial charge on any atom is 0.354 e. The normalized spacial score (nSPS) is 15.8. The Morgan fingerprint density at radius 1 is 1.18 bits per heavy atom. The van der Waals surface area contributed by atoms with Gasteiger partial charge in [0.15, 0.2) is 11.5 Å². The summed E-state index contributed by atoms with van der Waals surface area (Å²) in [6, 6.07) is 6.93. The van der Waals surface area contributed by atoms with E-state index < -0.39 is 5.97 Å². The van der Waals surface area contributed by atoms with Crippen molar-refractivity contribution in [3.63, 3.8) is 0 Å². The number of hydrogen-bond acceptors (Lipinski definition) is 6. The third-order valence-electron chi connectivity index (χ3n) is 3.65. The Kier molecular flexibility index (Phi) is 3.97. The summed E-state index contributed by atoms with van der Waals surface area (Å²) in [6.07, 6.45) is 1.64. The highest BCUT2D eigenvalue weighted by Gasteiger charge is 2.19. The SMILES string of the molecule is CN1CCN(c2cc(C(=O)O)nc(-c3ccccn3)n2)CC1. The van der Waals surface area contributed by atoms with Crippen LogP contribution in [0.15, 0.2) is 30.5 Å². The second-order valence-corrected chi connectivity index (χ2v) is 5.25. The third kappa shape index (κ3) is 3.04. The Hall–Kier alpha value is -2.54. The van der Waals surface area contributed by atoms with E-state index in [9.17, 15) is 9.90 Å². The standard InChI is InChI=1S/C15H17N5O2/c1-19-6-8-20(9-7-19)13-10-12(15(21)22)17-14(18-13)11-4-2-3-5-16-11/h2-5,10H,6-9H2,1H3,(H,21,22). The van der Waals surface area contributed by atoms with Crippen molar-refractivity contribution in [1.29, 1.82) is 0 Å². The number of nitrogens with zero attached hydrogens (tertiary/aromatic N) is 5. The number of likely N-dealkylation sites (N-methyl/N-ethyl adjacent to an activating group) is 1. The topological polar surface area (TPSA) is 82.5 Å². The fourth-order valence-electron chi connectivity index (χ4n) is 2.35. The summed E-state index contributed by atoms with van der Waals surface area (Å²) in [7, 11) is 2.07. The van der Waals surface area contributed by atoms with Gasteiger partial charge in [0.25, 0.3) is 0 Å². The molecule has 0 radical (unpaired) electrons. The molecule has 1 saturated heterocycles. The average molecular weight is 299 g/mol. The average Bonchev–Trinajstić information content (AvgIpc) is 2.56. The number of hydrogen-bond donors (Lipinski definition) is 1. The predicted octanol–water partition coefficient (Wildman–Crippen LogP) is 0.989. The number of aromatic nitrogens is 3. The summed E-state index contributed by atoms with van der Waals surface area (Å²) in [5.74, 6) is -0.0782. The molecule has 7 nitrogen and oxygen atoms in total. The highest BCUT2D eigenvalue weighted by atomic mass is 16.4. The van der Waals surface area contributed by atoms with Gasteiger partial charge in [-0.15, -0.1) is 0 Å². The van der Waals surface area contributed by atoms with Crippen molar-refractivity contribution in [2.75, 3.05) is 38.1 Å². The molecule has 1 fully saturated rings. The smallest absolute Gasteiger partial charge is 0.354 e. The van der Waals surface area contributed by atoms with E-state index in [1.165, 1.54) is 6.07 Å². The molecule has 7 heteroatoms. The number of rotatable bonds is 3. The van der Waals surface area contributed by atoms with Crippen LogP contribution in [0.2, 0.25) is 0 Å². The lowest BCUT2D eigenvalue weighted by Crippen LogP contribution is -2.45. The van der Waals surface area contributed by atoms with E-state index in [1.54, 1.807) is 18.3 Å². The number of aromatic carboxylic acids is 1. The number of anilines is 1. The summed E-state index contributed by atoms with van der Waals surface area (Å²) in [4.78, 5) is 28.5. The zero-order valence-electron chi connectivity index (χ0n) is 12.3. The van der Waals surface area contributed by atoms with Crippen molar-refractivity contribution in [1.82, 2.24) is 19.9 Å². The molecule has 3 rings (SSSR count). The Labute approximate surface area is 128 Å². The van der Waals surface area contributed by atoms with Gasteiger partial charge in [-0.05, 0) is 19.2 Å². The van der Waals surface area contributed by atoms with Crippen molar-refractivity contribution in [2.24, 2.45) is 0 Å². The van der Waals surface area contributed by atoms with Crippen LogP contribution in [0, 0.1) is 0 Å². The predicted molar refractivity (Wildman–Crippen MR) is 81.9 cm³/mol. The number of carbonyl (C=O) groups is 1. The van der Waals surface area contributed by atoms with Crippen LogP contribution in [0.1, 0.15) is 10.5 Å². The van der Waals surface area contributed by atoms with E-state index in [2.05, 4.69) is 31.8 Å². The number of carboxylic acid groups (broad SMARTS) is 1. The molecule has 0 aliphatic carbocycles. The lowest BCUT2D eigenvalue weighted by Gasteiger charge is -2.33. The van der Waals surface area contributed by atoms with E-state index in [0.717, 1.165) is 26.2 Å². The van der Waals surface area contributed by atoms with Crippen molar-refractivity contribution >= 4 is 11.8 Å². The number of carboxylic acids is 1. The van der Waals surface area contributed by atoms with Gasteiger partial charge in [0.05, 0.1) is 0 Å². The minimum atomic E-state index is -1.06. The monoisotopic (exact) mass is 299 g/mol. The Balaban J connectivity index is 1.99. The van der Waals surface area contributed by atoms with Gasteiger partial charge in [-0.1, -0.05) is 6.07 Å². The lowest BCUT2D eigenvalue weighted by atomic mass is 10.2. The van der Waals surface area contributed by atoms with Crippen LogP contribution >= 0.6 is 0 Å². The Bertz CT molecular complexity index is 669. The van der Waals surface area contributed by atoms with E-state index in [4.69, 9.17) is 0 Å². The molecule has 1 aliphatic heterocycles. The molecule has 114 valence electrons. The molecule has 0 aromatic carbocycles. The Morgan fingerprint density at radius 2 is 1.95 bits per heavy atom. The van der Waals surface area contributed by atoms with Gasteiger partial charge in [0, 0.05) is 38.4 Å². The maximum absolute atomic E-state index is 11.3. The van der Waals surface area contributed by atoms with E-state index in [1.807, 2.05) is 6.07 Å². The number of piperazine rings is 1. The highest BCUT2D eigenvalue weighted by Crippen LogP contribution is 2.20. The van der Waals surface area contributed by atoms with Crippen LogP contribution in [0.25, 0.3) is 11.5 Å². The fourth-order valence-corrected chi connectivity index (χ4v) is 2.35. The van der Waals surface area contributed by atoms with Gasteiger partial charge in [-0.25, -0.2) is 14.8 Å². The molecule has 0 atom stereocenters. The summed E-state index contributed by atoms with van der Waals surface area (Å²) in [5.41, 5.74) is 0.561. The highest BCUT2D eigenvalue weighted by molar-refractivity contribution is 5.86. The van der Waals surface area contributed by atoms with Crippen LogP contribution in [-0.4, -0.2) is 64.2 Å². The largest absolute Gasteiger partial charge is 0.477 e. The molecule has 1 N–H and O–H groups in total. The lowest BCUT2D eigenvalue weighted by molar-refractivity contribution is 0.0690. The zero-order chi connectivity index (χ0) is 15.5. The molecule has 0 amide bonds.